The Kier molecular flexibility index (Phi) is 4.62. The van der Waals surface area contributed by atoms with Gasteiger partial charge in [-0.2, -0.15) is 5.10 Å². The van der Waals surface area contributed by atoms with E-state index in [-0.39, 0.29) is 5.91 Å². The molecule has 2 heterocycles. The van der Waals surface area contributed by atoms with Gasteiger partial charge in [-0.3, -0.25) is 4.79 Å². The van der Waals surface area contributed by atoms with Crippen LogP contribution in [0.4, 0.5) is 5.82 Å². The molecule has 0 atom stereocenters. The van der Waals surface area contributed by atoms with E-state index in [1.165, 1.54) is 23.7 Å². The van der Waals surface area contributed by atoms with Crippen molar-refractivity contribution in [1.82, 2.24) is 24.7 Å². The maximum Gasteiger partial charge on any atom is 0.257 e. The van der Waals surface area contributed by atoms with Crippen LogP contribution in [0.25, 0.3) is 5.82 Å². The second-order valence-electron chi connectivity index (χ2n) is 4.48. The number of anilines is 1. The van der Waals surface area contributed by atoms with E-state index in [0.717, 1.165) is 10.6 Å². The van der Waals surface area contributed by atoms with Crippen molar-refractivity contribution in [3.05, 3.63) is 54.9 Å². The zero-order valence-electron chi connectivity index (χ0n) is 12.4. The first-order chi connectivity index (χ1) is 11.3. The van der Waals surface area contributed by atoms with Crippen molar-refractivity contribution in [2.45, 2.75) is 11.8 Å². The molecule has 0 aliphatic heterocycles. The third kappa shape index (κ3) is 3.54. The molecule has 0 saturated heterocycles. The van der Waals surface area contributed by atoms with Gasteiger partial charge in [0.1, 0.15) is 24.8 Å². The molecule has 0 aliphatic carbocycles. The van der Waals surface area contributed by atoms with E-state index < -0.39 is 0 Å². The Bertz CT molecular complexity index is 805. The first kappa shape index (κ1) is 15.2. The van der Waals surface area contributed by atoms with E-state index in [1.807, 2.05) is 25.1 Å². The fraction of sp³-hybridized carbons (Fsp3) is 0.133. The van der Waals surface area contributed by atoms with Crippen LogP contribution in [0.1, 0.15) is 17.3 Å². The molecule has 0 radical (unpaired) electrons. The average molecular weight is 326 g/mol. The van der Waals surface area contributed by atoms with Crippen molar-refractivity contribution < 1.29 is 4.79 Å². The predicted octanol–water partition coefficient (Wildman–Crippen LogP) is 2.42. The molecule has 3 rings (SSSR count). The van der Waals surface area contributed by atoms with Crippen LogP contribution in [0.3, 0.4) is 0 Å². The molecule has 0 bridgehead atoms. The molecule has 7 nitrogen and oxygen atoms in total. The summed E-state index contributed by atoms with van der Waals surface area (Å²) >= 11 is 1.63. The summed E-state index contributed by atoms with van der Waals surface area (Å²) in [4.78, 5) is 25.5. The highest BCUT2D eigenvalue weighted by Gasteiger charge is 2.12. The highest BCUT2D eigenvalue weighted by Crippen LogP contribution is 2.23. The lowest BCUT2D eigenvalue weighted by Crippen LogP contribution is -2.14. The van der Waals surface area contributed by atoms with Crippen LogP contribution in [0, 0.1) is 0 Å². The van der Waals surface area contributed by atoms with Crippen molar-refractivity contribution in [2.24, 2.45) is 0 Å². The normalized spacial score (nSPS) is 10.5. The van der Waals surface area contributed by atoms with Crippen LogP contribution in [0.5, 0.6) is 0 Å². The first-order valence-corrected chi connectivity index (χ1v) is 7.96. The number of hydrogen-bond donors (Lipinski definition) is 1. The van der Waals surface area contributed by atoms with Crippen molar-refractivity contribution >= 4 is 23.5 Å². The second kappa shape index (κ2) is 7.01. The summed E-state index contributed by atoms with van der Waals surface area (Å²) in [6.07, 6.45) is 4.32. The van der Waals surface area contributed by atoms with Gasteiger partial charge in [0.05, 0.1) is 5.56 Å². The Hall–Kier alpha value is -2.74. The molecule has 0 unspecified atom stereocenters. The lowest BCUT2D eigenvalue weighted by Gasteiger charge is -2.09. The third-order valence-corrected chi connectivity index (χ3v) is 3.93. The molecule has 0 fully saturated rings. The molecule has 3 aromatic rings. The lowest BCUT2D eigenvalue weighted by molar-refractivity contribution is 0.102. The highest BCUT2D eigenvalue weighted by molar-refractivity contribution is 7.99. The van der Waals surface area contributed by atoms with Crippen LogP contribution in [0.15, 0.2) is 54.2 Å². The average Bonchev–Trinajstić information content (AvgIpc) is 3.10. The van der Waals surface area contributed by atoms with Crippen LogP contribution in [0.2, 0.25) is 0 Å². The minimum Gasteiger partial charge on any atom is -0.306 e. The summed E-state index contributed by atoms with van der Waals surface area (Å²) in [5, 5.41) is 6.80. The van der Waals surface area contributed by atoms with Crippen LogP contribution in [-0.4, -0.2) is 36.4 Å². The van der Waals surface area contributed by atoms with Crippen LogP contribution in [-0.2, 0) is 0 Å². The summed E-state index contributed by atoms with van der Waals surface area (Å²) < 4.78 is 1.50. The van der Waals surface area contributed by atoms with Crippen molar-refractivity contribution in [3.63, 3.8) is 0 Å². The van der Waals surface area contributed by atoms with Crippen molar-refractivity contribution in [3.8, 4) is 5.82 Å². The second-order valence-corrected chi connectivity index (χ2v) is 5.79. The van der Waals surface area contributed by atoms with Gasteiger partial charge in [0.25, 0.3) is 5.91 Å². The van der Waals surface area contributed by atoms with E-state index in [1.54, 1.807) is 23.9 Å². The Morgan fingerprint density at radius 2 is 2.13 bits per heavy atom. The number of benzene rings is 1. The number of thioether (sulfide) groups is 1. The molecule has 116 valence electrons. The number of rotatable bonds is 5. The van der Waals surface area contributed by atoms with Gasteiger partial charge in [-0.25, -0.2) is 19.6 Å². The number of nitrogens with zero attached hydrogens (tertiary/aromatic N) is 5. The minimum absolute atomic E-state index is 0.204. The molecule has 23 heavy (non-hydrogen) atoms. The SMILES string of the molecule is CCSc1ccccc1C(=O)Nc1cc(-n2cncn2)ncn1. The van der Waals surface area contributed by atoms with Crippen LogP contribution < -0.4 is 5.32 Å². The molecular weight excluding hydrogens is 312 g/mol. The standard InChI is InChI=1S/C15H14N6OS/c1-2-23-12-6-4-3-5-11(12)15(22)20-13-7-14(18-9-17-13)21-10-16-8-19-21/h3-10H,2H2,1H3,(H,17,18,20,22). The van der Waals surface area contributed by atoms with E-state index in [9.17, 15) is 4.79 Å². The highest BCUT2D eigenvalue weighted by atomic mass is 32.2. The molecular formula is C15H14N6OS. The Morgan fingerprint density at radius 1 is 1.26 bits per heavy atom. The van der Waals surface area contributed by atoms with Gasteiger partial charge < -0.3 is 5.32 Å². The zero-order chi connectivity index (χ0) is 16.1. The number of carbonyl (C=O) groups excluding carboxylic acids is 1. The van der Waals surface area contributed by atoms with Gasteiger partial charge >= 0.3 is 0 Å². The molecule has 1 aromatic carbocycles. The predicted molar refractivity (Wildman–Crippen MR) is 87.7 cm³/mol. The Morgan fingerprint density at radius 3 is 2.91 bits per heavy atom. The van der Waals surface area contributed by atoms with Gasteiger partial charge in [0, 0.05) is 11.0 Å². The third-order valence-electron chi connectivity index (χ3n) is 2.98. The van der Waals surface area contributed by atoms with E-state index in [2.05, 4.69) is 25.4 Å². The monoisotopic (exact) mass is 326 g/mol. The lowest BCUT2D eigenvalue weighted by atomic mass is 10.2. The molecule has 0 spiro atoms. The fourth-order valence-corrected chi connectivity index (χ4v) is 2.79. The van der Waals surface area contributed by atoms with Gasteiger partial charge in [-0.15, -0.1) is 11.8 Å². The zero-order valence-corrected chi connectivity index (χ0v) is 13.2. The quantitative estimate of drug-likeness (QED) is 0.725. The number of amides is 1. The molecule has 0 saturated carbocycles. The van der Waals surface area contributed by atoms with Gasteiger partial charge in [-0.05, 0) is 17.9 Å². The van der Waals surface area contributed by atoms with Crippen molar-refractivity contribution in [2.75, 3.05) is 11.1 Å². The van der Waals surface area contributed by atoms with Crippen molar-refractivity contribution in [1.29, 1.82) is 0 Å². The molecule has 1 N–H and O–H groups in total. The molecule has 1 amide bonds. The van der Waals surface area contributed by atoms with E-state index >= 15 is 0 Å². The minimum atomic E-state index is -0.204. The summed E-state index contributed by atoms with van der Waals surface area (Å²) in [6, 6.07) is 9.14. The van der Waals surface area contributed by atoms with E-state index in [4.69, 9.17) is 0 Å². The van der Waals surface area contributed by atoms with Gasteiger partial charge in [0.15, 0.2) is 5.82 Å². The van der Waals surface area contributed by atoms with E-state index in [0.29, 0.717) is 17.2 Å². The Labute approximate surface area is 137 Å². The molecule has 2 aromatic heterocycles. The molecule has 8 heteroatoms. The number of nitrogens with one attached hydrogen (secondary N) is 1. The van der Waals surface area contributed by atoms with Crippen LogP contribution >= 0.6 is 11.8 Å². The number of aromatic nitrogens is 5. The first-order valence-electron chi connectivity index (χ1n) is 6.98. The van der Waals surface area contributed by atoms with Gasteiger partial charge in [-0.1, -0.05) is 19.1 Å². The molecule has 0 aliphatic rings. The smallest absolute Gasteiger partial charge is 0.257 e. The maximum absolute atomic E-state index is 12.5. The summed E-state index contributed by atoms with van der Waals surface area (Å²) in [7, 11) is 0. The van der Waals surface area contributed by atoms with Gasteiger partial charge in [0.2, 0.25) is 0 Å². The summed E-state index contributed by atoms with van der Waals surface area (Å²) in [5.74, 6) is 1.63. The number of carbonyl (C=O) groups is 1. The number of hydrogen-bond acceptors (Lipinski definition) is 6. The summed E-state index contributed by atoms with van der Waals surface area (Å²) in [6.45, 7) is 2.05. The maximum atomic E-state index is 12.5. The largest absolute Gasteiger partial charge is 0.306 e. The fourth-order valence-electron chi connectivity index (χ4n) is 1.99. The topological polar surface area (TPSA) is 85.6 Å². The summed E-state index contributed by atoms with van der Waals surface area (Å²) in [5.41, 5.74) is 0.625. The Balaban J connectivity index is 1.82.